The largest absolute Gasteiger partial charge is 0.395 e. The van der Waals surface area contributed by atoms with Crippen molar-refractivity contribution in [1.82, 2.24) is 4.98 Å². The zero-order valence-electron chi connectivity index (χ0n) is 8.91. The van der Waals surface area contributed by atoms with Crippen LogP contribution in [0.2, 0.25) is 0 Å². The highest BCUT2D eigenvalue weighted by molar-refractivity contribution is 5.68. The number of hydrogen-bond donors (Lipinski definition) is 2. The highest BCUT2D eigenvalue weighted by Crippen LogP contribution is 2.18. The molecule has 0 amide bonds. The minimum absolute atomic E-state index is 0.405. The molecule has 0 aliphatic rings. The summed E-state index contributed by atoms with van der Waals surface area (Å²) in [6.07, 6.45) is 3.60. The molecule has 0 aromatic carbocycles. The van der Waals surface area contributed by atoms with Crippen LogP contribution >= 0.6 is 0 Å². The fraction of sp³-hybridized carbons (Fsp3) is 0.273. The zero-order valence-corrected chi connectivity index (χ0v) is 8.91. The van der Waals surface area contributed by atoms with Crippen LogP contribution in [0, 0.1) is 11.3 Å². The monoisotopic (exact) mass is 202 g/mol. The molecule has 0 atom stereocenters. The van der Waals surface area contributed by atoms with Crippen molar-refractivity contribution in [2.24, 2.45) is 0 Å². The maximum Gasteiger partial charge on any atom is 0.150 e. The van der Waals surface area contributed by atoms with Crippen molar-refractivity contribution in [3.63, 3.8) is 0 Å². The van der Waals surface area contributed by atoms with Gasteiger partial charge in [0.05, 0.1) is 11.3 Å². The van der Waals surface area contributed by atoms with Crippen LogP contribution in [0.25, 0.3) is 0 Å². The first-order valence-electron chi connectivity index (χ1n) is 4.67. The van der Waals surface area contributed by atoms with Gasteiger partial charge in [0.25, 0.3) is 0 Å². The van der Waals surface area contributed by atoms with Crippen LogP contribution in [-0.4, -0.2) is 11.5 Å². The lowest BCUT2D eigenvalue weighted by atomic mass is 10.2. The molecule has 3 N–H and O–H groups in total. The molecule has 1 rings (SSSR count). The number of pyridine rings is 1. The van der Waals surface area contributed by atoms with Crippen molar-refractivity contribution in [2.75, 3.05) is 17.6 Å². The van der Waals surface area contributed by atoms with Crippen molar-refractivity contribution < 1.29 is 0 Å². The molecule has 15 heavy (non-hydrogen) atoms. The van der Waals surface area contributed by atoms with Crippen LogP contribution in [0.15, 0.2) is 23.9 Å². The molecular formula is C11H14N4. The molecule has 78 valence electrons. The number of anilines is 2. The van der Waals surface area contributed by atoms with E-state index in [0.717, 1.165) is 0 Å². The molecule has 0 radical (unpaired) electrons. The first-order chi connectivity index (χ1) is 7.15. The van der Waals surface area contributed by atoms with E-state index in [1.54, 1.807) is 12.3 Å². The molecule has 1 aromatic heterocycles. The third kappa shape index (κ3) is 2.99. The second-order valence-corrected chi connectivity index (χ2v) is 3.39. The summed E-state index contributed by atoms with van der Waals surface area (Å²) < 4.78 is 0. The van der Waals surface area contributed by atoms with Crippen molar-refractivity contribution >= 4 is 11.5 Å². The van der Waals surface area contributed by atoms with Gasteiger partial charge in [-0.3, -0.25) is 0 Å². The second kappa shape index (κ2) is 5.01. The highest BCUT2D eigenvalue weighted by atomic mass is 15.0. The van der Waals surface area contributed by atoms with E-state index >= 15 is 0 Å². The number of allylic oxidation sites excluding steroid dienone is 1. The Morgan fingerprint density at radius 2 is 2.40 bits per heavy atom. The van der Waals surface area contributed by atoms with E-state index in [9.17, 15) is 0 Å². The molecule has 0 bridgehead atoms. The number of nitrogen functional groups attached to an aromatic ring is 1. The fourth-order valence-corrected chi connectivity index (χ4v) is 1.06. The predicted molar refractivity (Wildman–Crippen MR) is 61.3 cm³/mol. The molecule has 1 heterocycles. The summed E-state index contributed by atoms with van der Waals surface area (Å²) >= 11 is 0. The molecular weight excluding hydrogens is 188 g/mol. The number of rotatable bonds is 3. The molecule has 0 saturated carbocycles. The Balaban J connectivity index is 2.79. The number of nitrogens with one attached hydrogen (secondary N) is 1. The van der Waals surface area contributed by atoms with Crippen LogP contribution in [0.4, 0.5) is 11.5 Å². The Kier molecular flexibility index (Phi) is 3.69. The van der Waals surface area contributed by atoms with Gasteiger partial charge in [0, 0.05) is 12.7 Å². The van der Waals surface area contributed by atoms with Gasteiger partial charge in [0.15, 0.2) is 5.82 Å². The van der Waals surface area contributed by atoms with E-state index in [1.807, 2.05) is 26.0 Å². The number of nitrogens with zero attached hydrogens (tertiary/aromatic N) is 2. The van der Waals surface area contributed by atoms with Crippen LogP contribution in [0.1, 0.15) is 19.4 Å². The average Bonchev–Trinajstić information content (AvgIpc) is 2.20. The summed E-state index contributed by atoms with van der Waals surface area (Å²) in [5.41, 5.74) is 7.82. The van der Waals surface area contributed by atoms with E-state index in [2.05, 4.69) is 10.3 Å². The molecule has 0 saturated heterocycles. The van der Waals surface area contributed by atoms with Crippen LogP contribution in [0.5, 0.6) is 0 Å². The first kappa shape index (κ1) is 11.1. The minimum atomic E-state index is 0.405. The summed E-state index contributed by atoms with van der Waals surface area (Å²) in [4.78, 5) is 4.07. The summed E-state index contributed by atoms with van der Waals surface area (Å²) in [7, 11) is 0. The summed E-state index contributed by atoms with van der Waals surface area (Å²) in [6.45, 7) is 4.70. The summed E-state index contributed by atoms with van der Waals surface area (Å²) in [5.74, 6) is 0.562. The molecule has 0 spiro atoms. The van der Waals surface area contributed by atoms with Crippen molar-refractivity contribution in [3.05, 3.63) is 29.5 Å². The van der Waals surface area contributed by atoms with Gasteiger partial charge in [0.1, 0.15) is 6.07 Å². The maximum absolute atomic E-state index is 8.76. The normalized spacial score (nSPS) is 9.13. The van der Waals surface area contributed by atoms with Gasteiger partial charge in [0.2, 0.25) is 0 Å². The molecule has 0 fully saturated rings. The number of aromatic nitrogens is 1. The third-order valence-corrected chi connectivity index (χ3v) is 1.89. The lowest BCUT2D eigenvalue weighted by molar-refractivity contribution is 1.20. The van der Waals surface area contributed by atoms with Gasteiger partial charge in [-0.2, -0.15) is 5.26 Å². The number of nitrogens with two attached hydrogens (primary N) is 1. The summed E-state index contributed by atoms with van der Waals surface area (Å²) in [5, 5.41) is 11.8. The van der Waals surface area contributed by atoms with Gasteiger partial charge in [-0.05, 0) is 19.9 Å². The van der Waals surface area contributed by atoms with Gasteiger partial charge >= 0.3 is 0 Å². The maximum atomic E-state index is 8.76. The predicted octanol–water partition coefficient (Wildman–Crippen LogP) is 1.91. The molecule has 1 aromatic rings. The molecule has 0 unspecified atom stereocenters. The van der Waals surface area contributed by atoms with Crippen LogP contribution in [0.3, 0.4) is 0 Å². The van der Waals surface area contributed by atoms with Gasteiger partial charge in [-0.25, -0.2) is 4.98 Å². The second-order valence-electron chi connectivity index (χ2n) is 3.39. The Labute approximate surface area is 89.4 Å². The highest BCUT2D eigenvalue weighted by Gasteiger charge is 2.03. The Morgan fingerprint density at radius 1 is 1.67 bits per heavy atom. The zero-order chi connectivity index (χ0) is 11.3. The van der Waals surface area contributed by atoms with Gasteiger partial charge in [-0.15, -0.1) is 0 Å². The minimum Gasteiger partial charge on any atom is -0.395 e. The Morgan fingerprint density at radius 3 is 3.00 bits per heavy atom. The van der Waals surface area contributed by atoms with Gasteiger partial charge < -0.3 is 11.1 Å². The Hall–Kier alpha value is -2.02. The van der Waals surface area contributed by atoms with Crippen molar-refractivity contribution in [1.29, 1.82) is 5.26 Å². The molecule has 0 aliphatic heterocycles. The van der Waals surface area contributed by atoms with Crippen LogP contribution in [-0.2, 0) is 0 Å². The van der Waals surface area contributed by atoms with Gasteiger partial charge in [-0.1, -0.05) is 11.6 Å². The summed E-state index contributed by atoms with van der Waals surface area (Å²) in [6, 6.07) is 3.61. The van der Waals surface area contributed by atoms with Crippen molar-refractivity contribution in [2.45, 2.75) is 13.8 Å². The van der Waals surface area contributed by atoms with E-state index in [-0.39, 0.29) is 0 Å². The lowest BCUT2D eigenvalue weighted by Gasteiger charge is -2.06. The van der Waals surface area contributed by atoms with E-state index < -0.39 is 0 Å². The Bertz CT molecular complexity index is 411. The number of hydrogen-bond acceptors (Lipinski definition) is 4. The van der Waals surface area contributed by atoms with E-state index in [0.29, 0.717) is 23.6 Å². The smallest absolute Gasteiger partial charge is 0.150 e. The fourth-order valence-electron chi connectivity index (χ4n) is 1.06. The van der Waals surface area contributed by atoms with Crippen LogP contribution < -0.4 is 11.1 Å². The lowest BCUT2D eigenvalue weighted by Crippen LogP contribution is -2.05. The quantitative estimate of drug-likeness (QED) is 0.734. The first-order valence-corrected chi connectivity index (χ1v) is 4.67. The average molecular weight is 202 g/mol. The SMILES string of the molecule is CC(C)=CCNc1nccc(C#N)c1N. The third-order valence-electron chi connectivity index (χ3n) is 1.89. The van der Waals surface area contributed by atoms with E-state index in [4.69, 9.17) is 11.0 Å². The molecule has 0 aliphatic carbocycles. The molecule has 4 heteroatoms. The standard InChI is InChI=1S/C11H14N4/c1-8(2)3-5-14-11-10(13)9(7-12)4-6-15-11/h3-4,6H,5,13H2,1-2H3,(H,14,15). The van der Waals surface area contributed by atoms with Crippen molar-refractivity contribution in [3.8, 4) is 6.07 Å². The topological polar surface area (TPSA) is 74.7 Å². The van der Waals surface area contributed by atoms with E-state index in [1.165, 1.54) is 5.57 Å². The number of nitriles is 1. The molecule has 4 nitrogen and oxygen atoms in total.